The summed E-state index contributed by atoms with van der Waals surface area (Å²) in [6, 6.07) is 6.82. The molecule has 1 aliphatic heterocycles. The van der Waals surface area contributed by atoms with Crippen LogP contribution >= 0.6 is 23.2 Å². The van der Waals surface area contributed by atoms with Crippen LogP contribution in [0.4, 0.5) is 10.1 Å². The number of ether oxygens (including phenoxy) is 1. The monoisotopic (exact) mass is 563 g/mol. The molecule has 3 N–H and O–H groups in total. The van der Waals surface area contributed by atoms with E-state index in [1.165, 1.54) is 36.2 Å². The van der Waals surface area contributed by atoms with Gasteiger partial charge >= 0.3 is 0 Å². The summed E-state index contributed by atoms with van der Waals surface area (Å²) in [5.74, 6) is -1.20. The van der Waals surface area contributed by atoms with E-state index >= 15 is 0 Å². The number of amides is 2. The standard InChI is InChI=1S/C26H28Cl2FN5O4/c1-15(35)24(30)18-10-17(38-14-21-19(29)4-2-8-31-21)6-7-20(18)32-13-23(36)34-9-3-5-22(34)25(37)33-12-16-11-26(16,27)28/h2,4,6-8,10,16,22,30,32H,3,5,9,11-14H2,1H3,(H,33,37)/t16-,22+/m1/s1. The number of pyridine rings is 1. The number of halogens is 3. The smallest absolute Gasteiger partial charge is 0.242 e. The molecule has 0 radical (unpaired) electrons. The molecule has 2 aliphatic rings. The fourth-order valence-electron chi connectivity index (χ4n) is 4.28. The molecular formula is C26H28Cl2FN5O4. The number of alkyl halides is 2. The van der Waals surface area contributed by atoms with E-state index in [0.29, 0.717) is 43.8 Å². The first-order valence-electron chi connectivity index (χ1n) is 12.2. The molecule has 2 atom stereocenters. The number of rotatable bonds is 11. The third-order valence-electron chi connectivity index (χ3n) is 6.61. The molecule has 4 rings (SSSR count). The number of hydrogen-bond acceptors (Lipinski definition) is 7. The molecule has 0 unspecified atom stereocenters. The SMILES string of the molecule is CC(=O)C(=N)c1cc(OCc2ncccc2F)ccc1NCC(=O)N1CCC[C@H]1C(=O)NC[C@H]1CC1(Cl)Cl. The number of nitrogens with zero attached hydrogens (tertiary/aromatic N) is 2. The second kappa shape index (κ2) is 11.7. The van der Waals surface area contributed by atoms with Crippen molar-refractivity contribution in [3.63, 3.8) is 0 Å². The summed E-state index contributed by atoms with van der Waals surface area (Å²) in [6.45, 7) is 1.79. The molecule has 2 aromatic rings. The number of ketones is 1. The minimum absolute atomic E-state index is 0.00644. The van der Waals surface area contributed by atoms with Crippen LogP contribution in [0.2, 0.25) is 0 Å². The Morgan fingerprint density at radius 2 is 2.05 bits per heavy atom. The Morgan fingerprint density at radius 1 is 1.29 bits per heavy atom. The van der Waals surface area contributed by atoms with E-state index in [-0.39, 0.29) is 47.9 Å². The highest BCUT2D eigenvalue weighted by atomic mass is 35.5. The third kappa shape index (κ3) is 6.60. The predicted molar refractivity (Wildman–Crippen MR) is 141 cm³/mol. The first-order chi connectivity index (χ1) is 18.1. The summed E-state index contributed by atoms with van der Waals surface area (Å²) >= 11 is 12.0. The van der Waals surface area contributed by atoms with Gasteiger partial charge in [0.25, 0.3) is 0 Å². The van der Waals surface area contributed by atoms with Crippen molar-refractivity contribution in [1.82, 2.24) is 15.2 Å². The van der Waals surface area contributed by atoms with Gasteiger partial charge in [-0.25, -0.2) is 4.39 Å². The average Bonchev–Trinajstić information content (AvgIpc) is 3.26. The maximum Gasteiger partial charge on any atom is 0.242 e. The second-order valence-corrected chi connectivity index (χ2v) is 10.9. The maximum absolute atomic E-state index is 13.9. The fraction of sp³-hybridized carbons (Fsp3) is 0.423. The van der Waals surface area contributed by atoms with E-state index in [0.717, 1.165) is 0 Å². The molecule has 0 spiro atoms. The molecule has 38 heavy (non-hydrogen) atoms. The number of aromatic nitrogens is 1. The number of carbonyl (C=O) groups is 3. The van der Waals surface area contributed by atoms with E-state index in [1.54, 1.807) is 12.1 Å². The number of likely N-dealkylation sites (tertiary alicyclic amines) is 1. The number of anilines is 1. The molecule has 1 aromatic heterocycles. The third-order valence-corrected chi connectivity index (χ3v) is 7.53. The van der Waals surface area contributed by atoms with Gasteiger partial charge in [0.05, 0.1) is 6.54 Å². The number of carbonyl (C=O) groups excluding carboxylic acids is 3. The van der Waals surface area contributed by atoms with Crippen LogP contribution in [0.25, 0.3) is 0 Å². The Bertz CT molecular complexity index is 1260. The second-order valence-electron chi connectivity index (χ2n) is 9.37. The first kappa shape index (κ1) is 27.8. The normalized spacial score (nSPS) is 19.5. The molecule has 0 bridgehead atoms. The van der Waals surface area contributed by atoms with Gasteiger partial charge in [0.1, 0.15) is 40.0 Å². The zero-order chi connectivity index (χ0) is 27.4. The van der Waals surface area contributed by atoms with E-state index < -0.39 is 22.0 Å². The summed E-state index contributed by atoms with van der Waals surface area (Å²) in [5.41, 5.74) is 0.455. The Labute approximate surface area is 229 Å². The number of hydrogen-bond donors (Lipinski definition) is 3. The molecule has 2 amide bonds. The van der Waals surface area contributed by atoms with Gasteiger partial charge < -0.3 is 20.3 Å². The van der Waals surface area contributed by atoms with Gasteiger partial charge in [-0.3, -0.25) is 24.8 Å². The molecule has 202 valence electrons. The maximum atomic E-state index is 13.9. The Balaban J connectivity index is 1.39. The van der Waals surface area contributed by atoms with Gasteiger partial charge in [0.2, 0.25) is 11.8 Å². The highest BCUT2D eigenvalue weighted by molar-refractivity contribution is 6.50. The van der Waals surface area contributed by atoms with Crippen LogP contribution in [0.1, 0.15) is 37.4 Å². The molecule has 2 fully saturated rings. The zero-order valence-corrected chi connectivity index (χ0v) is 22.2. The van der Waals surface area contributed by atoms with Crippen LogP contribution in [0.15, 0.2) is 36.5 Å². The van der Waals surface area contributed by atoms with Crippen LogP contribution in [-0.4, -0.2) is 63.2 Å². The van der Waals surface area contributed by atoms with Crippen molar-refractivity contribution in [3.8, 4) is 5.75 Å². The fourth-order valence-corrected chi connectivity index (χ4v) is 4.81. The van der Waals surface area contributed by atoms with Crippen LogP contribution in [0.5, 0.6) is 5.75 Å². The van der Waals surface area contributed by atoms with Crippen molar-refractivity contribution < 1.29 is 23.5 Å². The van der Waals surface area contributed by atoms with Crippen LogP contribution < -0.4 is 15.4 Å². The van der Waals surface area contributed by atoms with Gasteiger partial charge in [-0.05, 0) is 49.6 Å². The van der Waals surface area contributed by atoms with Gasteiger partial charge in [-0.15, -0.1) is 23.2 Å². The summed E-state index contributed by atoms with van der Waals surface area (Å²) < 4.78 is 18.7. The summed E-state index contributed by atoms with van der Waals surface area (Å²) in [5, 5.41) is 14.1. The Hall–Kier alpha value is -3.24. The highest BCUT2D eigenvalue weighted by Crippen LogP contribution is 2.52. The van der Waals surface area contributed by atoms with Gasteiger partial charge in [-0.2, -0.15) is 0 Å². The number of nitrogens with one attached hydrogen (secondary N) is 3. The van der Waals surface area contributed by atoms with Gasteiger partial charge in [0, 0.05) is 43.4 Å². The lowest BCUT2D eigenvalue weighted by Crippen LogP contribution is -2.48. The molecule has 1 aliphatic carbocycles. The van der Waals surface area contributed by atoms with Crippen LogP contribution in [0, 0.1) is 17.1 Å². The summed E-state index contributed by atoms with van der Waals surface area (Å²) in [6.07, 6.45) is 3.33. The van der Waals surface area contributed by atoms with Crippen molar-refractivity contribution in [3.05, 3.63) is 53.6 Å². The quantitative estimate of drug-likeness (QED) is 0.284. The summed E-state index contributed by atoms with van der Waals surface area (Å²) in [7, 11) is 0. The molecule has 1 aromatic carbocycles. The lowest BCUT2D eigenvalue weighted by Gasteiger charge is -2.24. The highest BCUT2D eigenvalue weighted by Gasteiger charge is 2.51. The minimum atomic E-state index is -0.789. The lowest BCUT2D eigenvalue weighted by atomic mass is 10.0. The molecule has 1 saturated heterocycles. The largest absolute Gasteiger partial charge is 0.487 e. The molecule has 12 heteroatoms. The van der Waals surface area contributed by atoms with Crippen molar-refractivity contribution in [2.45, 2.75) is 43.2 Å². The molecular weight excluding hydrogens is 536 g/mol. The average molecular weight is 564 g/mol. The van der Waals surface area contributed by atoms with Crippen molar-refractivity contribution in [2.75, 3.05) is 25.0 Å². The van der Waals surface area contributed by atoms with Crippen LogP contribution in [-0.2, 0) is 21.0 Å². The lowest BCUT2D eigenvalue weighted by molar-refractivity contribution is -0.137. The van der Waals surface area contributed by atoms with Gasteiger partial charge in [-0.1, -0.05) is 0 Å². The number of benzene rings is 1. The summed E-state index contributed by atoms with van der Waals surface area (Å²) in [4.78, 5) is 43.1. The van der Waals surface area contributed by atoms with Crippen LogP contribution in [0.3, 0.4) is 0 Å². The molecule has 2 heterocycles. The van der Waals surface area contributed by atoms with Crippen molar-refractivity contribution in [1.29, 1.82) is 5.41 Å². The van der Waals surface area contributed by atoms with Gasteiger partial charge in [0.15, 0.2) is 5.78 Å². The van der Waals surface area contributed by atoms with E-state index in [1.807, 2.05) is 0 Å². The van der Waals surface area contributed by atoms with E-state index in [9.17, 15) is 18.8 Å². The minimum Gasteiger partial charge on any atom is -0.487 e. The van der Waals surface area contributed by atoms with Crippen molar-refractivity contribution in [2.24, 2.45) is 5.92 Å². The Morgan fingerprint density at radius 3 is 2.74 bits per heavy atom. The molecule has 9 nitrogen and oxygen atoms in total. The van der Waals surface area contributed by atoms with E-state index in [2.05, 4.69) is 15.6 Å². The topological polar surface area (TPSA) is 124 Å². The molecule has 1 saturated carbocycles. The Kier molecular flexibility index (Phi) is 8.52. The zero-order valence-electron chi connectivity index (χ0n) is 20.7. The van der Waals surface area contributed by atoms with Crippen molar-refractivity contribution >= 4 is 52.2 Å². The predicted octanol–water partition coefficient (Wildman–Crippen LogP) is 3.47. The number of Topliss-reactive ketones (excluding diaryl/α,β-unsaturated/α-hetero) is 1. The first-order valence-corrected chi connectivity index (χ1v) is 13.0. The van der Waals surface area contributed by atoms with E-state index in [4.69, 9.17) is 33.3 Å².